The second-order valence-corrected chi connectivity index (χ2v) is 6.31. The summed E-state index contributed by atoms with van der Waals surface area (Å²) >= 11 is 0. The fourth-order valence-corrected chi connectivity index (χ4v) is 3.41. The average Bonchev–Trinajstić information content (AvgIpc) is 2.79. The molecular weight excluding hydrogens is 294 g/mol. The molecule has 3 aromatic carbocycles. The van der Waals surface area contributed by atoms with Crippen LogP contribution in [-0.4, -0.2) is 6.29 Å². The first-order valence-corrected chi connectivity index (χ1v) is 8.29. The fourth-order valence-electron chi connectivity index (χ4n) is 3.41. The third kappa shape index (κ3) is 2.50. The highest BCUT2D eigenvalue weighted by Gasteiger charge is 2.22. The number of carbonyl (C=O) groups is 1. The van der Waals surface area contributed by atoms with E-state index in [4.69, 9.17) is 0 Å². The van der Waals surface area contributed by atoms with Crippen LogP contribution in [0.2, 0.25) is 0 Å². The predicted molar refractivity (Wildman–Crippen MR) is 98.7 cm³/mol. The van der Waals surface area contributed by atoms with Crippen LogP contribution in [-0.2, 0) is 12.8 Å². The predicted octanol–water partition coefficient (Wildman–Crippen LogP) is 5.38. The Bertz CT molecular complexity index is 896. The maximum atomic E-state index is 11.2. The number of aryl methyl sites for hydroxylation is 3. The van der Waals surface area contributed by atoms with Crippen molar-refractivity contribution in [2.75, 3.05) is 4.90 Å². The lowest BCUT2D eigenvalue weighted by Crippen LogP contribution is -2.11. The summed E-state index contributed by atoms with van der Waals surface area (Å²) in [6.07, 6.45) is 2.85. The van der Waals surface area contributed by atoms with Crippen LogP contribution in [0.1, 0.15) is 27.0 Å². The van der Waals surface area contributed by atoms with E-state index in [9.17, 15) is 4.79 Å². The summed E-state index contributed by atoms with van der Waals surface area (Å²) in [5.74, 6) is 0. The second-order valence-electron chi connectivity index (χ2n) is 6.31. The molecule has 0 aromatic heterocycles. The normalized spacial score (nSPS) is 13.0. The average molecular weight is 313 g/mol. The molecule has 0 spiro atoms. The molecule has 0 saturated heterocycles. The first-order valence-electron chi connectivity index (χ1n) is 8.29. The number of para-hydroxylation sites is 1. The van der Waals surface area contributed by atoms with Crippen molar-refractivity contribution in [2.45, 2.75) is 19.8 Å². The Kier molecular flexibility index (Phi) is 3.66. The lowest BCUT2D eigenvalue weighted by Gasteiger charge is -2.27. The minimum atomic E-state index is 0.739. The van der Waals surface area contributed by atoms with Crippen molar-refractivity contribution in [1.82, 2.24) is 0 Å². The Labute approximate surface area is 142 Å². The molecule has 0 bridgehead atoms. The molecule has 0 fully saturated rings. The molecular formula is C22H19NO. The van der Waals surface area contributed by atoms with Gasteiger partial charge in [0, 0.05) is 22.6 Å². The summed E-state index contributed by atoms with van der Waals surface area (Å²) in [4.78, 5) is 13.5. The lowest BCUT2D eigenvalue weighted by molar-refractivity contribution is 0.112. The Morgan fingerprint density at radius 3 is 2.33 bits per heavy atom. The Morgan fingerprint density at radius 1 is 0.833 bits per heavy atom. The van der Waals surface area contributed by atoms with Gasteiger partial charge in [0.1, 0.15) is 6.29 Å². The van der Waals surface area contributed by atoms with Crippen molar-refractivity contribution in [1.29, 1.82) is 0 Å². The molecule has 2 nitrogen and oxygen atoms in total. The summed E-state index contributed by atoms with van der Waals surface area (Å²) in [7, 11) is 0. The Hall–Kier alpha value is -2.87. The van der Waals surface area contributed by atoms with E-state index >= 15 is 0 Å². The Balaban J connectivity index is 1.95. The molecule has 0 saturated carbocycles. The lowest BCUT2D eigenvalue weighted by atomic mass is 10.0. The minimum absolute atomic E-state index is 0.739. The summed E-state index contributed by atoms with van der Waals surface area (Å²) in [6.45, 7) is 2.10. The third-order valence-electron chi connectivity index (χ3n) is 4.67. The van der Waals surface area contributed by atoms with Crippen LogP contribution in [0.15, 0.2) is 66.7 Å². The van der Waals surface area contributed by atoms with Crippen LogP contribution >= 0.6 is 0 Å². The van der Waals surface area contributed by atoms with E-state index < -0.39 is 0 Å². The van der Waals surface area contributed by atoms with Gasteiger partial charge in [0.25, 0.3) is 0 Å². The number of benzene rings is 3. The van der Waals surface area contributed by atoms with Crippen LogP contribution < -0.4 is 4.90 Å². The van der Waals surface area contributed by atoms with Crippen molar-refractivity contribution in [3.63, 3.8) is 0 Å². The highest BCUT2D eigenvalue weighted by atomic mass is 16.1. The van der Waals surface area contributed by atoms with E-state index in [1.165, 1.54) is 22.4 Å². The van der Waals surface area contributed by atoms with Crippen LogP contribution in [0.4, 0.5) is 17.1 Å². The van der Waals surface area contributed by atoms with Gasteiger partial charge in [0.05, 0.1) is 0 Å². The van der Waals surface area contributed by atoms with E-state index in [0.29, 0.717) is 0 Å². The second kappa shape index (κ2) is 5.97. The van der Waals surface area contributed by atoms with Crippen molar-refractivity contribution in [3.8, 4) is 0 Å². The molecule has 0 unspecified atom stereocenters. The van der Waals surface area contributed by atoms with Crippen molar-refractivity contribution in [2.24, 2.45) is 0 Å². The molecule has 3 aromatic rings. The smallest absolute Gasteiger partial charge is 0.150 e. The van der Waals surface area contributed by atoms with E-state index in [-0.39, 0.29) is 0 Å². The summed E-state index contributed by atoms with van der Waals surface area (Å²) in [5.41, 5.74) is 8.07. The quantitative estimate of drug-likeness (QED) is 0.592. The zero-order chi connectivity index (χ0) is 16.5. The number of nitrogens with zero attached hydrogens (tertiary/aromatic N) is 1. The molecule has 0 radical (unpaired) electrons. The van der Waals surface area contributed by atoms with Gasteiger partial charge in [0.15, 0.2) is 0 Å². The minimum Gasteiger partial charge on any atom is -0.310 e. The molecule has 24 heavy (non-hydrogen) atoms. The zero-order valence-electron chi connectivity index (χ0n) is 13.7. The molecule has 2 heteroatoms. The molecule has 118 valence electrons. The first kappa shape index (κ1) is 14.7. The number of aldehydes is 1. The number of fused-ring (bicyclic) bond motifs is 2. The van der Waals surface area contributed by atoms with E-state index in [1.54, 1.807) is 0 Å². The van der Waals surface area contributed by atoms with Crippen molar-refractivity contribution >= 4 is 23.3 Å². The van der Waals surface area contributed by atoms with E-state index in [0.717, 1.165) is 36.1 Å². The molecule has 1 heterocycles. The van der Waals surface area contributed by atoms with Gasteiger partial charge in [0.2, 0.25) is 0 Å². The highest BCUT2D eigenvalue weighted by Crippen LogP contribution is 2.41. The topological polar surface area (TPSA) is 20.3 Å². The maximum Gasteiger partial charge on any atom is 0.150 e. The standard InChI is InChI=1S/C22H19NO/c1-16-6-11-20(12-7-16)23-21-5-3-2-4-18(21)9-10-19-14-17(15-24)8-13-22(19)23/h2-8,11-15H,9-10H2,1H3. The highest BCUT2D eigenvalue weighted by molar-refractivity contribution is 5.84. The first-order chi connectivity index (χ1) is 11.8. The molecule has 0 atom stereocenters. The van der Waals surface area contributed by atoms with Gasteiger partial charge in [-0.1, -0.05) is 35.9 Å². The number of carbonyl (C=O) groups excluding carboxylic acids is 1. The summed E-state index contributed by atoms with van der Waals surface area (Å²) in [6, 6.07) is 23.2. The van der Waals surface area contributed by atoms with Gasteiger partial charge in [-0.2, -0.15) is 0 Å². The van der Waals surface area contributed by atoms with Crippen LogP contribution in [0.25, 0.3) is 0 Å². The van der Waals surface area contributed by atoms with E-state index in [2.05, 4.69) is 66.4 Å². The number of anilines is 3. The Morgan fingerprint density at radius 2 is 1.54 bits per heavy atom. The summed E-state index contributed by atoms with van der Waals surface area (Å²) in [5, 5.41) is 0. The largest absolute Gasteiger partial charge is 0.310 e. The SMILES string of the molecule is Cc1ccc(N2c3ccccc3CCc3cc(C=O)ccc32)cc1. The maximum absolute atomic E-state index is 11.2. The van der Waals surface area contributed by atoms with E-state index in [1.807, 2.05) is 12.1 Å². The van der Waals surface area contributed by atoms with Crippen LogP contribution in [0.5, 0.6) is 0 Å². The molecule has 1 aliphatic rings. The van der Waals surface area contributed by atoms with Crippen LogP contribution in [0.3, 0.4) is 0 Å². The van der Waals surface area contributed by atoms with Gasteiger partial charge in [-0.15, -0.1) is 0 Å². The molecule has 0 amide bonds. The summed E-state index contributed by atoms with van der Waals surface area (Å²) < 4.78 is 0. The number of hydrogen-bond acceptors (Lipinski definition) is 2. The monoisotopic (exact) mass is 313 g/mol. The molecule has 1 aliphatic heterocycles. The van der Waals surface area contributed by atoms with Gasteiger partial charge in [-0.05, 0) is 67.3 Å². The number of rotatable bonds is 2. The van der Waals surface area contributed by atoms with Crippen LogP contribution in [0, 0.1) is 6.92 Å². The van der Waals surface area contributed by atoms with Crippen molar-refractivity contribution in [3.05, 3.63) is 89.0 Å². The van der Waals surface area contributed by atoms with Gasteiger partial charge >= 0.3 is 0 Å². The third-order valence-corrected chi connectivity index (χ3v) is 4.67. The molecule has 4 rings (SSSR count). The van der Waals surface area contributed by atoms with Gasteiger partial charge < -0.3 is 4.90 Å². The molecule has 0 aliphatic carbocycles. The van der Waals surface area contributed by atoms with Crippen molar-refractivity contribution < 1.29 is 4.79 Å². The van der Waals surface area contributed by atoms with Gasteiger partial charge in [-0.3, -0.25) is 4.79 Å². The fraction of sp³-hybridized carbons (Fsp3) is 0.136. The van der Waals surface area contributed by atoms with Gasteiger partial charge in [-0.25, -0.2) is 0 Å². The zero-order valence-corrected chi connectivity index (χ0v) is 13.7. The number of hydrogen-bond donors (Lipinski definition) is 0. The molecule has 0 N–H and O–H groups in total.